The number of rotatable bonds is 5. The van der Waals surface area contributed by atoms with Crippen molar-refractivity contribution >= 4 is 23.7 Å². The molecule has 0 radical (unpaired) electrons. The predicted molar refractivity (Wildman–Crippen MR) is 82.2 cm³/mol. The van der Waals surface area contributed by atoms with Crippen molar-refractivity contribution in [1.29, 1.82) is 0 Å². The first-order valence-electron chi connectivity index (χ1n) is 6.58. The lowest BCUT2D eigenvalue weighted by Gasteiger charge is -2.07. The largest absolute Gasteiger partial charge is 0.460 e. The zero-order valence-electron chi connectivity index (χ0n) is 11.6. The van der Waals surface area contributed by atoms with E-state index in [0.29, 0.717) is 16.3 Å². The summed E-state index contributed by atoms with van der Waals surface area (Å²) in [7, 11) is 0. The van der Waals surface area contributed by atoms with Crippen LogP contribution >= 0.6 is 11.6 Å². The third-order valence-electron chi connectivity index (χ3n) is 2.64. The minimum Gasteiger partial charge on any atom is -0.460 e. The average Bonchev–Trinajstić information content (AvgIpc) is 2.54. The van der Waals surface area contributed by atoms with Gasteiger partial charge in [0.05, 0.1) is 12.1 Å². The number of nitrogens with one attached hydrogen (secondary N) is 1. The predicted octanol–water partition coefficient (Wildman–Crippen LogP) is 3.29. The first kappa shape index (κ1) is 15.9. The van der Waals surface area contributed by atoms with E-state index in [-0.39, 0.29) is 13.2 Å². The van der Waals surface area contributed by atoms with Crippen molar-refractivity contribution in [2.75, 3.05) is 13.2 Å². The van der Waals surface area contributed by atoms with Crippen LogP contribution in [0, 0.1) is 0 Å². The summed E-state index contributed by atoms with van der Waals surface area (Å²) >= 11 is 5.73. The summed E-state index contributed by atoms with van der Waals surface area (Å²) < 4.78 is 10.0. The Labute approximate surface area is 132 Å². The van der Waals surface area contributed by atoms with Gasteiger partial charge in [0.2, 0.25) is 0 Å². The molecule has 2 aromatic carbocycles. The number of amides is 1. The van der Waals surface area contributed by atoms with E-state index >= 15 is 0 Å². The van der Waals surface area contributed by atoms with Crippen LogP contribution in [0.2, 0.25) is 5.02 Å². The summed E-state index contributed by atoms with van der Waals surface area (Å²) in [5.41, 5.74) is 0.464. The monoisotopic (exact) mass is 319 g/mol. The molecule has 114 valence electrons. The zero-order chi connectivity index (χ0) is 15.8. The van der Waals surface area contributed by atoms with Gasteiger partial charge >= 0.3 is 12.1 Å². The van der Waals surface area contributed by atoms with Crippen molar-refractivity contribution in [3.63, 3.8) is 0 Å². The highest BCUT2D eigenvalue weighted by Gasteiger charge is 2.07. The van der Waals surface area contributed by atoms with Gasteiger partial charge in [-0.05, 0) is 36.4 Å². The smallest absolute Gasteiger partial charge is 0.412 e. The van der Waals surface area contributed by atoms with Gasteiger partial charge in [-0.25, -0.2) is 9.59 Å². The summed E-state index contributed by atoms with van der Waals surface area (Å²) in [4.78, 5) is 23.1. The molecule has 0 aliphatic heterocycles. The lowest BCUT2D eigenvalue weighted by atomic mass is 10.2. The van der Waals surface area contributed by atoms with E-state index in [9.17, 15) is 9.59 Å². The van der Waals surface area contributed by atoms with Crippen molar-refractivity contribution in [2.24, 2.45) is 0 Å². The van der Waals surface area contributed by atoms with E-state index in [1.54, 1.807) is 48.5 Å². The molecule has 1 N–H and O–H groups in total. The fourth-order valence-electron chi connectivity index (χ4n) is 1.60. The summed E-state index contributed by atoms with van der Waals surface area (Å²) in [6, 6.07) is 15.0. The lowest BCUT2D eigenvalue weighted by molar-refractivity contribution is 0.0508. The highest BCUT2D eigenvalue weighted by atomic mass is 35.5. The number of halogens is 1. The number of benzene rings is 2. The van der Waals surface area contributed by atoms with Crippen LogP contribution in [0.1, 0.15) is 10.4 Å². The Kier molecular flexibility index (Phi) is 5.80. The van der Waals surface area contributed by atoms with Crippen molar-refractivity contribution in [2.45, 2.75) is 0 Å². The molecule has 6 heteroatoms. The molecular formula is C16H14ClNO4. The summed E-state index contributed by atoms with van der Waals surface area (Å²) in [5.74, 6) is -0.0587. The number of carbonyl (C=O) groups excluding carboxylic acids is 2. The average molecular weight is 320 g/mol. The van der Waals surface area contributed by atoms with Gasteiger partial charge in [-0.3, -0.25) is 0 Å². The molecule has 0 spiro atoms. The van der Waals surface area contributed by atoms with E-state index in [1.165, 1.54) is 0 Å². The number of ether oxygens (including phenoxy) is 2. The number of hydrogen-bond acceptors (Lipinski definition) is 4. The minimum atomic E-state index is -0.627. The van der Waals surface area contributed by atoms with Gasteiger partial charge in [0, 0.05) is 5.02 Å². The van der Waals surface area contributed by atoms with Crippen molar-refractivity contribution in [3.8, 4) is 5.75 Å². The second kappa shape index (κ2) is 8.05. The van der Waals surface area contributed by atoms with Crippen LogP contribution < -0.4 is 10.1 Å². The number of hydrogen-bond donors (Lipinski definition) is 1. The van der Waals surface area contributed by atoms with E-state index in [0.717, 1.165) is 0 Å². The molecule has 0 aliphatic rings. The van der Waals surface area contributed by atoms with Gasteiger partial charge < -0.3 is 14.8 Å². The van der Waals surface area contributed by atoms with Crippen LogP contribution in [0.3, 0.4) is 0 Å². The maximum atomic E-state index is 11.6. The summed E-state index contributed by atoms with van der Waals surface area (Å²) in [6.07, 6.45) is -0.627. The van der Waals surface area contributed by atoms with Crippen LogP contribution in [0.4, 0.5) is 4.79 Å². The molecule has 0 aromatic heterocycles. The normalized spacial score (nSPS) is 9.86. The van der Waals surface area contributed by atoms with Gasteiger partial charge in [0.25, 0.3) is 0 Å². The zero-order valence-corrected chi connectivity index (χ0v) is 12.4. The first-order valence-corrected chi connectivity index (χ1v) is 6.96. The van der Waals surface area contributed by atoms with Crippen LogP contribution in [-0.2, 0) is 4.74 Å². The Morgan fingerprint density at radius 3 is 2.36 bits per heavy atom. The molecule has 2 aromatic rings. The van der Waals surface area contributed by atoms with Crippen LogP contribution in [0.15, 0.2) is 54.6 Å². The molecule has 1 amide bonds. The third-order valence-corrected chi connectivity index (χ3v) is 2.89. The highest BCUT2D eigenvalue weighted by molar-refractivity contribution is 6.30. The van der Waals surface area contributed by atoms with E-state index in [1.807, 2.05) is 6.07 Å². The van der Waals surface area contributed by atoms with E-state index in [2.05, 4.69) is 5.32 Å². The molecule has 5 nitrogen and oxygen atoms in total. The quantitative estimate of drug-likeness (QED) is 0.678. The van der Waals surface area contributed by atoms with Crippen LogP contribution in [0.5, 0.6) is 5.75 Å². The molecule has 0 bridgehead atoms. The lowest BCUT2D eigenvalue weighted by Crippen LogP contribution is -2.30. The second-order valence-electron chi connectivity index (χ2n) is 4.27. The Morgan fingerprint density at radius 1 is 1.00 bits per heavy atom. The van der Waals surface area contributed by atoms with Gasteiger partial charge in [-0.15, -0.1) is 0 Å². The van der Waals surface area contributed by atoms with Gasteiger partial charge in [0.15, 0.2) is 0 Å². The summed E-state index contributed by atoms with van der Waals surface area (Å²) in [5, 5.41) is 3.04. The van der Waals surface area contributed by atoms with Crippen LogP contribution in [-0.4, -0.2) is 25.2 Å². The standard InChI is InChI=1S/C16H14ClNO4/c17-13-6-8-14(9-7-13)22-16(20)18-10-11-21-15(19)12-4-2-1-3-5-12/h1-9H,10-11H2,(H,18,20). The number of carbonyl (C=O) groups is 2. The molecule has 0 fully saturated rings. The first-order chi connectivity index (χ1) is 10.6. The van der Waals surface area contributed by atoms with Crippen molar-refractivity contribution in [3.05, 3.63) is 65.2 Å². The number of esters is 1. The molecular weight excluding hydrogens is 306 g/mol. The Bertz CT molecular complexity index is 628. The Balaban J connectivity index is 1.67. The van der Waals surface area contributed by atoms with E-state index < -0.39 is 12.1 Å². The summed E-state index contributed by atoms with van der Waals surface area (Å²) in [6.45, 7) is 0.217. The van der Waals surface area contributed by atoms with Gasteiger partial charge in [-0.2, -0.15) is 0 Å². The molecule has 2 rings (SSSR count). The van der Waals surface area contributed by atoms with Crippen molar-refractivity contribution < 1.29 is 19.1 Å². The van der Waals surface area contributed by atoms with E-state index in [4.69, 9.17) is 21.1 Å². The maximum Gasteiger partial charge on any atom is 0.412 e. The third kappa shape index (κ3) is 5.10. The molecule has 0 atom stereocenters. The molecule has 0 unspecified atom stereocenters. The molecule has 0 saturated heterocycles. The van der Waals surface area contributed by atoms with Crippen molar-refractivity contribution in [1.82, 2.24) is 5.32 Å². The van der Waals surface area contributed by atoms with Gasteiger partial charge in [0.1, 0.15) is 12.4 Å². The topological polar surface area (TPSA) is 64.6 Å². The minimum absolute atomic E-state index is 0.0590. The molecule has 0 saturated carbocycles. The Hall–Kier alpha value is -2.53. The fourth-order valence-corrected chi connectivity index (χ4v) is 1.73. The molecule has 0 heterocycles. The highest BCUT2D eigenvalue weighted by Crippen LogP contribution is 2.15. The SMILES string of the molecule is O=C(NCCOC(=O)c1ccccc1)Oc1ccc(Cl)cc1. The van der Waals surface area contributed by atoms with Gasteiger partial charge in [-0.1, -0.05) is 29.8 Å². The second-order valence-corrected chi connectivity index (χ2v) is 4.71. The maximum absolute atomic E-state index is 11.6. The molecule has 22 heavy (non-hydrogen) atoms. The fraction of sp³-hybridized carbons (Fsp3) is 0.125. The van der Waals surface area contributed by atoms with Crippen LogP contribution in [0.25, 0.3) is 0 Å². The molecule has 0 aliphatic carbocycles. The Morgan fingerprint density at radius 2 is 1.68 bits per heavy atom.